The number of benzene rings is 2. The van der Waals surface area contributed by atoms with E-state index in [1.165, 1.54) is 11.1 Å². The van der Waals surface area contributed by atoms with Gasteiger partial charge in [-0.05, 0) is 0 Å². The molecule has 4 rings (SSSR count). The van der Waals surface area contributed by atoms with Crippen LogP contribution in [0, 0.1) is 36.1 Å². The zero-order valence-electron chi connectivity index (χ0n) is 17.9. The van der Waals surface area contributed by atoms with Crippen molar-refractivity contribution in [3.05, 3.63) is 120 Å². The molecule has 2 aromatic rings. The smallest absolute Gasteiger partial charge is 0.171 e. The molecule has 2 atom stereocenters. The molecule has 29 heavy (non-hydrogen) atoms. The summed E-state index contributed by atoms with van der Waals surface area (Å²) in [4.78, 5) is 0. The standard InChI is InChI=1S/2C7H9.2C6H5.ClH.H2Si.Zr/c2*1-6-3-4-7(2)5-6;2*1-2-4-6-5-3-1;;;/h2*3-4,6H,1-2H3;2*1-5H;1H;1H2;/q4*-1;;;. The minimum Gasteiger partial charge on any atom is -0.184 e. The molecular weight excluding hydrogens is 467 g/mol. The van der Waals surface area contributed by atoms with Gasteiger partial charge in [0.15, 0.2) is 0 Å². The summed E-state index contributed by atoms with van der Waals surface area (Å²) in [5.41, 5.74) is 2.54. The van der Waals surface area contributed by atoms with E-state index in [-0.39, 0.29) is 12.4 Å². The predicted molar refractivity (Wildman–Crippen MR) is 128 cm³/mol. The summed E-state index contributed by atoms with van der Waals surface area (Å²) >= 11 is 1.58. The van der Waals surface area contributed by atoms with Gasteiger partial charge in [-0.1, -0.05) is 39.5 Å². The van der Waals surface area contributed by atoms with E-state index < -0.39 is 0 Å². The van der Waals surface area contributed by atoms with E-state index in [4.69, 9.17) is 0 Å². The molecule has 2 aromatic carbocycles. The van der Waals surface area contributed by atoms with Crippen LogP contribution in [-0.2, 0) is 23.3 Å². The molecule has 2 unspecified atom stereocenters. The summed E-state index contributed by atoms with van der Waals surface area (Å²) in [5.74, 6) is 1.11. The normalized spacial score (nSPS) is 17.1. The number of rotatable bonds is 0. The fourth-order valence-corrected chi connectivity index (χ4v) is 2.17. The number of hydrogen-bond acceptors (Lipinski definition) is 0. The molecule has 0 amide bonds. The minimum atomic E-state index is 0. The molecule has 2 aliphatic carbocycles. The summed E-state index contributed by atoms with van der Waals surface area (Å²) in [5, 5.41) is 0. The van der Waals surface area contributed by atoms with Crippen LogP contribution in [0.3, 0.4) is 0 Å². The van der Waals surface area contributed by atoms with Crippen molar-refractivity contribution in [2.75, 3.05) is 0 Å². The van der Waals surface area contributed by atoms with Crippen molar-refractivity contribution in [1.29, 1.82) is 0 Å². The minimum absolute atomic E-state index is 0. The molecule has 0 saturated carbocycles. The SMILES string of the molecule is CC1=[C-]C(C)C=C1.CC1=[C-]C(C)C=C1.Cl.[SiH2]=[Zr].[c-]1ccccc1.[c-]1ccccc1. The van der Waals surface area contributed by atoms with E-state index in [1.807, 2.05) is 67.5 Å². The maximum absolute atomic E-state index is 3.22. The van der Waals surface area contributed by atoms with E-state index in [0.29, 0.717) is 11.8 Å². The van der Waals surface area contributed by atoms with E-state index in [1.54, 1.807) is 23.3 Å². The van der Waals surface area contributed by atoms with E-state index >= 15 is 0 Å². The Hall–Kier alpha value is -1.21. The monoisotopic (exact) mass is 496 g/mol. The molecule has 0 N–H and O–H groups in total. The van der Waals surface area contributed by atoms with Crippen LogP contribution < -0.4 is 0 Å². The van der Waals surface area contributed by atoms with Crippen LogP contribution >= 0.6 is 12.4 Å². The molecule has 0 spiro atoms. The average Bonchev–Trinajstić information content (AvgIpc) is 3.33. The van der Waals surface area contributed by atoms with Crippen molar-refractivity contribution in [3.63, 3.8) is 0 Å². The first-order chi connectivity index (χ1) is 13.6. The summed E-state index contributed by atoms with van der Waals surface area (Å²) in [7, 11) is 0. The Morgan fingerprint density at radius 1 is 0.655 bits per heavy atom. The molecule has 0 bridgehead atoms. The second-order valence-electron chi connectivity index (χ2n) is 6.10. The molecule has 154 valence electrons. The zero-order valence-corrected chi connectivity index (χ0v) is 22.5. The van der Waals surface area contributed by atoms with Gasteiger partial charge in [-0.15, -0.1) is 12.4 Å². The van der Waals surface area contributed by atoms with Crippen molar-refractivity contribution in [3.8, 4) is 0 Å². The molecule has 3 heteroatoms. The summed E-state index contributed by atoms with van der Waals surface area (Å²) < 4.78 is 0. The molecule has 0 heterocycles. The van der Waals surface area contributed by atoms with Gasteiger partial charge in [0.1, 0.15) is 0 Å². The van der Waals surface area contributed by atoms with Crippen LogP contribution in [0.4, 0.5) is 0 Å². The number of hydrogen-bond donors (Lipinski definition) is 0. The molecule has 0 aliphatic heterocycles. The van der Waals surface area contributed by atoms with Crippen LogP contribution in [0.2, 0.25) is 0 Å². The van der Waals surface area contributed by atoms with Gasteiger partial charge < -0.3 is 0 Å². The first-order valence-corrected chi connectivity index (χ1v) is 15.2. The Bertz CT molecular complexity index is 604. The molecule has 0 fully saturated rings. The van der Waals surface area contributed by atoms with Crippen LogP contribution in [0.25, 0.3) is 0 Å². The first-order valence-electron chi connectivity index (χ1n) is 9.32. The van der Waals surface area contributed by atoms with Gasteiger partial charge in [-0.2, -0.15) is 84.9 Å². The molecule has 0 nitrogen and oxygen atoms in total. The average molecular weight is 498 g/mol. The topological polar surface area (TPSA) is 0 Å². The van der Waals surface area contributed by atoms with Crippen LogP contribution in [-0.4, -0.2) is 6.88 Å². The van der Waals surface area contributed by atoms with E-state index in [9.17, 15) is 0 Å². The van der Waals surface area contributed by atoms with Crippen molar-refractivity contribution in [2.24, 2.45) is 11.8 Å². The Morgan fingerprint density at radius 2 is 0.966 bits per heavy atom. The van der Waals surface area contributed by atoms with Gasteiger partial charge in [0.2, 0.25) is 0 Å². The van der Waals surface area contributed by atoms with Crippen molar-refractivity contribution < 1.29 is 23.3 Å². The van der Waals surface area contributed by atoms with Gasteiger partial charge in [-0.25, -0.2) is 23.3 Å². The first kappa shape index (κ1) is 30.0. The van der Waals surface area contributed by atoms with Gasteiger partial charge in [0, 0.05) is 0 Å². The summed E-state index contributed by atoms with van der Waals surface area (Å²) in [6.45, 7) is 10.4. The van der Waals surface area contributed by atoms with Crippen LogP contribution in [0.5, 0.6) is 0 Å². The Balaban J connectivity index is 0. The summed E-state index contributed by atoms with van der Waals surface area (Å²) in [6, 6.07) is 25.0. The fraction of sp³-hybridized carbons (Fsp3) is 0.231. The Morgan fingerprint density at radius 3 is 1.03 bits per heavy atom. The molecule has 0 saturated heterocycles. The van der Waals surface area contributed by atoms with Crippen molar-refractivity contribution in [1.82, 2.24) is 0 Å². The second-order valence-corrected chi connectivity index (χ2v) is 6.10. The van der Waals surface area contributed by atoms with Gasteiger partial charge in [0.25, 0.3) is 0 Å². The molecule has 2 aliphatic rings. The number of allylic oxidation sites excluding steroid dienone is 8. The predicted octanol–water partition coefficient (Wildman–Crippen LogP) is 6.36. The maximum Gasteiger partial charge on any atom is -0.171 e. The third-order valence-electron chi connectivity index (χ3n) is 3.39. The van der Waals surface area contributed by atoms with E-state index in [2.05, 4.69) is 76.3 Å². The molecular formula is C26H31ClSiZr-4. The van der Waals surface area contributed by atoms with Gasteiger partial charge >= 0.3 is 30.2 Å². The quantitative estimate of drug-likeness (QED) is 0.293. The zero-order chi connectivity index (χ0) is 21.0. The molecule has 0 radical (unpaired) electrons. The fourth-order valence-electron chi connectivity index (χ4n) is 2.17. The molecule has 0 aromatic heterocycles. The number of halogens is 1. The van der Waals surface area contributed by atoms with E-state index in [0.717, 1.165) is 0 Å². The van der Waals surface area contributed by atoms with Crippen molar-refractivity contribution >= 4 is 19.3 Å². The van der Waals surface area contributed by atoms with Crippen molar-refractivity contribution in [2.45, 2.75) is 27.7 Å². The third kappa shape index (κ3) is 19.9. The van der Waals surface area contributed by atoms with Gasteiger partial charge in [0.05, 0.1) is 0 Å². The summed E-state index contributed by atoms with van der Waals surface area (Å²) in [6.07, 6.45) is 14.9. The van der Waals surface area contributed by atoms with Gasteiger partial charge in [-0.3, -0.25) is 12.2 Å². The Kier molecular flexibility index (Phi) is 22.2. The maximum atomic E-state index is 3.22. The van der Waals surface area contributed by atoms with Crippen LogP contribution in [0.15, 0.2) is 96.1 Å². The largest absolute Gasteiger partial charge is 0.184 e. The Labute approximate surface area is 201 Å². The van der Waals surface area contributed by atoms with Crippen LogP contribution in [0.1, 0.15) is 27.7 Å². The second kappa shape index (κ2) is 21.5. The third-order valence-corrected chi connectivity index (χ3v) is 3.39.